The fraction of sp³-hybridized carbons (Fsp3) is 0.323. The van der Waals surface area contributed by atoms with Gasteiger partial charge in [-0.2, -0.15) is 5.26 Å². The van der Waals surface area contributed by atoms with Crippen molar-refractivity contribution >= 4 is 12.2 Å². The molecule has 174 valence electrons. The first-order valence-electron chi connectivity index (χ1n) is 12.5. The topological polar surface area (TPSA) is 45.0 Å². The van der Waals surface area contributed by atoms with Gasteiger partial charge in [0.05, 0.1) is 12.2 Å². The highest BCUT2D eigenvalue weighted by atomic mass is 16.5. The highest BCUT2D eigenvalue weighted by Crippen LogP contribution is 2.29. The fourth-order valence-corrected chi connectivity index (χ4v) is 4.65. The van der Waals surface area contributed by atoms with Crippen LogP contribution >= 0.6 is 0 Å². The lowest BCUT2D eigenvalue weighted by atomic mass is 9.90. The summed E-state index contributed by atoms with van der Waals surface area (Å²) in [5, 5.41) is 13.3. The van der Waals surface area contributed by atoms with Gasteiger partial charge >= 0.3 is 0 Å². The molecule has 1 aliphatic rings. The molecule has 0 heterocycles. The average Bonchev–Trinajstić information content (AvgIpc) is 2.90. The zero-order valence-corrected chi connectivity index (χ0v) is 20.1. The molecule has 0 saturated heterocycles. The molecule has 1 N–H and O–H groups in total. The van der Waals surface area contributed by atoms with Crippen LogP contribution in [0.5, 0.6) is 5.75 Å². The second kappa shape index (κ2) is 12.2. The van der Waals surface area contributed by atoms with Crippen molar-refractivity contribution in [3.8, 4) is 22.9 Å². The molecule has 1 fully saturated rings. The van der Waals surface area contributed by atoms with Gasteiger partial charge in [0, 0.05) is 17.7 Å². The van der Waals surface area contributed by atoms with E-state index in [0.29, 0.717) is 11.5 Å². The minimum absolute atomic E-state index is 0.666. The quantitative estimate of drug-likeness (QED) is 0.344. The Hall–Kier alpha value is -3.35. The summed E-state index contributed by atoms with van der Waals surface area (Å²) in [5.74, 6) is 1.63. The van der Waals surface area contributed by atoms with Crippen molar-refractivity contribution in [2.45, 2.75) is 45.6 Å². The van der Waals surface area contributed by atoms with E-state index >= 15 is 0 Å². The Balaban J connectivity index is 1.57. The van der Waals surface area contributed by atoms with E-state index < -0.39 is 0 Å². The van der Waals surface area contributed by atoms with Gasteiger partial charge in [-0.25, -0.2) is 0 Å². The standard InChI is InChI=1S/C31H34N2O/c1-2-33-22-28-19-17-24(20-31(28)34-23-25-10-5-3-6-11-25)16-18-27-14-9-15-29(30(27)21-32)26-12-7-4-8-13-26/h4,7-9,12-20,25,33H,2-3,5-6,10-11,22-23H2,1H3. The minimum Gasteiger partial charge on any atom is -0.493 e. The zero-order chi connectivity index (χ0) is 23.6. The number of ether oxygens (including phenoxy) is 1. The van der Waals surface area contributed by atoms with E-state index in [0.717, 1.165) is 47.7 Å². The van der Waals surface area contributed by atoms with Gasteiger partial charge in [0.25, 0.3) is 0 Å². The summed E-state index contributed by atoms with van der Waals surface area (Å²) in [6.07, 6.45) is 10.7. The molecule has 3 heteroatoms. The maximum atomic E-state index is 9.90. The molecule has 0 radical (unpaired) electrons. The van der Waals surface area contributed by atoms with Crippen LogP contribution in [-0.4, -0.2) is 13.2 Å². The smallest absolute Gasteiger partial charge is 0.124 e. The third-order valence-corrected chi connectivity index (χ3v) is 6.60. The van der Waals surface area contributed by atoms with Gasteiger partial charge < -0.3 is 10.1 Å². The summed E-state index contributed by atoms with van der Waals surface area (Å²) in [4.78, 5) is 0. The third kappa shape index (κ3) is 6.16. The van der Waals surface area contributed by atoms with Crippen LogP contribution in [0.1, 0.15) is 61.3 Å². The maximum absolute atomic E-state index is 9.90. The second-order valence-corrected chi connectivity index (χ2v) is 9.04. The predicted molar refractivity (Wildman–Crippen MR) is 141 cm³/mol. The summed E-state index contributed by atoms with van der Waals surface area (Å²) >= 11 is 0. The van der Waals surface area contributed by atoms with Gasteiger partial charge in [-0.05, 0) is 48.1 Å². The summed E-state index contributed by atoms with van der Waals surface area (Å²) in [5.41, 5.74) is 5.91. The Morgan fingerprint density at radius 2 is 1.79 bits per heavy atom. The average molecular weight is 451 g/mol. The number of nitriles is 1. The molecular formula is C31H34N2O. The van der Waals surface area contributed by atoms with Crippen molar-refractivity contribution in [2.75, 3.05) is 13.2 Å². The van der Waals surface area contributed by atoms with Crippen LogP contribution in [0.15, 0.2) is 66.7 Å². The molecule has 0 bridgehead atoms. The maximum Gasteiger partial charge on any atom is 0.124 e. The van der Waals surface area contributed by atoms with Gasteiger partial charge in [0.15, 0.2) is 0 Å². The van der Waals surface area contributed by atoms with Gasteiger partial charge in [0.2, 0.25) is 0 Å². The first-order chi connectivity index (χ1) is 16.8. The van der Waals surface area contributed by atoms with Crippen LogP contribution in [0.4, 0.5) is 0 Å². The van der Waals surface area contributed by atoms with E-state index in [2.05, 4.69) is 42.6 Å². The number of hydrogen-bond acceptors (Lipinski definition) is 3. The molecule has 3 aromatic carbocycles. The number of hydrogen-bond donors (Lipinski definition) is 1. The summed E-state index contributed by atoms with van der Waals surface area (Å²) in [6, 6.07) is 25.0. The molecule has 0 atom stereocenters. The molecule has 0 aromatic heterocycles. The predicted octanol–water partition coefficient (Wildman–Crippen LogP) is 7.46. The van der Waals surface area contributed by atoms with Crippen molar-refractivity contribution in [3.05, 3.63) is 89.0 Å². The van der Waals surface area contributed by atoms with E-state index in [1.165, 1.54) is 37.7 Å². The van der Waals surface area contributed by atoms with Crippen molar-refractivity contribution in [2.24, 2.45) is 5.92 Å². The van der Waals surface area contributed by atoms with Crippen molar-refractivity contribution in [1.29, 1.82) is 5.26 Å². The largest absolute Gasteiger partial charge is 0.493 e. The SMILES string of the molecule is CCNCc1ccc(C=Cc2cccc(-c3ccccc3)c2C#N)cc1OCC1CCCCC1. The lowest BCUT2D eigenvalue weighted by molar-refractivity contribution is 0.207. The van der Waals surface area contributed by atoms with Crippen LogP contribution in [-0.2, 0) is 6.54 Å². The van der Waals surface area contributed by atoms with Crippen molar-refractivity contribution in [1.82, 2.24) is 5.32 Å². The highest BCUT2D eigenvalue weighted by molar-refractivity contribution is 5.80. The molecule has 1 aliphatic carbocycles. The Kier molecular flexibility index (Phi) is 8.54. The molecule has 4 rings (SSSR count). The monoisotopic (exact) mass is 450 g/mol. The van der Waals surface area contributed by atoms with Gasteiger partial charge in [-0.15, -0.1) is 0 Å². The Morgan fingerprint density at radius 1 is 0.971 bits per heavy atom. The first-order valence-corrected chi connectivity index (χ1v) is 12.5. The van der Waals surface area contributed by atoms with Crippen molar-refractivity contribution in [3.63, 3.8) is 0 Å². The molecule has 3 nitrogen and oxygen atoms in total. The lowest BCUT2D eigenvalue weighted by Gasteiger charge is -2.22. The Morgan fingerprint density at radius 3 is 2.56 bits per heavy atom. The molecule has 0 aliphatic heterocycles. The van der Waals surface area contributed by atoms with Crippen LogP contribution < -0.4 is 10.1 Å². The van der Waals surface area contributed by atoms with Crippen molar-refractivity contribution < 1.29 is 4.74 Å². The number of rotatable bonds is 9. The molecule has 0 spiro atoms. The molecule has 1 saturated carbocycles. The van der Waals surface area contributed by atoms with Crippen LogP contribution in [0.3, 0.4) is 0 Å². The first kappa shape index (κ1) is 23.8. The fourth-order valence-electron chi connectivity index (χ4n) is 4.65. The number of nitrogens with zero attached hydrogens (tertiary/aromatic N) is 1. The Labute approximate surface area is 204 Å². The van der Waals surface area contributed by atoms with Gasteiger partial charge in [0.1, 0.15) is 11.8 Å². The lowest BCUT2D eigenvalue weighted by Crippen LogP contribution is -2.17. The van der Waals surface area contributed by atoms with Crippen LogP contribution in [0.25, 0.3) is 23.3 Å². The summed E-state index contributed by atoms with van der Waals surface area (Å²) in [7, 11) is 0. The van der Waals surface area contributed by atoms with Gasteiger partial charge in [-0.1, -0.05) is 99.0 Å². The second-order valence-electron chi connectivity index (χ2n) is 9.04. The van der Waals surface area contributed by atoms with Crippen LogP contribution in [0, 0.1) is 17.2 Å². The van der Waals surface area contributed by atoms with Crippen LogP contribution in [0.2, 0.25) is 0 Å². The summed E-state index contributed by atoms with van der Waals surface area (Å²) < 4.78 is 6.36. The van der Waals surface area contributed by atoms with E-state index in [9.17, 15) is 5.26 Å². The van der Waals surface area contributed by atoms with E-state index in [-0.39, 0.29) is 0 Å². The third-order valence-electron chi connectivity index (χ3n) is 6.60. The van der Waals surface area contributed by atoms with E-state index in [1.807, 2.05) is 54.6 Å². The normalized spacial score (nSPS) is 14.2. The summed E-state index contributed by atoms with van der Waals surface area (Å²) in [6.45, 7) is 4.65. The van der Waals surface area contributed by atoms with E-state index in [1.54, 1.807) is 0 Å². The van der Waals surface area contributed by atoms with Gasteiger partial charge in [-0.3, -0.25) is 0 Å². The molecule has 0 unspecified atom stereocenters. The molecular weight excluding hydrogens is 416 g/mol. The van der Waals surface area contributed by atoms with E-state index in [4.69, 9.17) is 4.74 Å². The molecule has 0 amide bonds. The highest BCUT2D eigenvalue weighted by Gasteiger charge is 2.15. The minimum atomic E-state index is 0.666. The Bertz CT molecular complexity index is 1140. The number of benzene rings is 3. The number of nitrogens with one attached hydrogen (secondary N) is 1. The molecule has 3 aromatic rings. The molecule has 34 heavy (non-hydrogen) atoms. The zero-order valence-electron chi connectivity index (χ0n) is 20.1.